The van der Waals surface area contributed by atoms with Crippen LogP contribution in [0.5, 0.6) is 0 Å². The number of hydrogen-bond acceptors (Lipinski definition) is 3. The maximum absolute atomic E-state index is 12.3. The molecule has 0 saturated carbocycles. The smallest absolute Gasteiger partial charge is 0.227 e. The van der Waals surface area contributed by atoms with Gasteiger partial charge in [0.15, 0.2) is 0 Å². The van der Waals surface area contributed by atoms with Crippen LogP contribution in [-0.4, -0.2) is 30.4 Å². The highest BCUT2D eigenvalue weighted by atomic mass is 79.9. The molecule has 1 unspecified atom stereocenters. The van der Waals surface area contributed by atoms with E-state index in [0.29, 0.717) is 13.1 Å². The van der Waals surface area contributed by atoms with Gasteiger partial charge < -0.3 is 16.0 Å². The number of nitrogens with zero attached hydrogens (tertiary/aromatic N) is 1. The summed E-state index contributed by atoms with van der Waals surface area (Å²) in [5.41, 5.74) is 7.07. The molecule has 120 valence electrons. The molecule has 1 aromatic carbocycles. The molecular weight excluding hydrogens is 346 g/mol. The first-order chi connectivity index (χ1) is 10.2. The van der Waals surface area contributed by atoms with Gasteiger partial charge in [0.05, 0.1) is 5.92 Å². The SMILES string of the molecule is Cc1cc(N2CC(C(=O)NC(C)(C)CN)CC2=O)ccc1Br. The van der Waals surface area contributed by atoms with Crippen LogP contribution < -0.4 is 16.0 Å². The first-order valence-electron chi connectivity index (χ1n) is 7.32. The van der Waals surface area contributed by atoms with Gasteiger partial charge in [-0.15, -0.1) is 0 Å². The summed E-state index contributed by atoms with van der Waals surface area (Å²) < 4.78 is 1.00. The van der Waals surface area contributed by atoms with Crippen molar-refractivity contribution in [3.8, 4) is 0 Å². The minimum atomic E-state index is -0.457. The zero-order valence-corrected chi connectivity index (χ0v) is 14.7. The van der Waals surface area contributed by atoms with E-state index in [0.717, 1.165) is 15.7 Å². The molecule has 2 rings (SSSR count). The summed E-state index contributed by atoms with van der Waals surface area (Å²) in [6.45, 7) is 6.48. The van der Waals surface area contributed by atoms with E-state index in [1.165, 1.54) is 0 Å². The van der Waals surface area contributed by atoms with Crippen LogP contribution in [0.15, 0.2) is 22.7 Å². The second-order valence-corrected chi connectivity index (χ2v) is 7.27. The minimum absolute atomic E-state index is 0.0209. The second-order valence-electron chi connectivity index (χ2n) is 6.42. The van der Waals surface area contributed by atoms with E-state index in [9.17, 15) is 9.59 Å². The Balaban J connectivity index is 2.10. The van der Waals surface area contributed by atoms with Gasteiger partial charge in [0, 0.05) is 35.2 Å². The number of benzene rings is 1. The van der Waals surface area contributed by atoms with Crippen LogP contribution in [0.4, 0.5) is 5.69 Å². The third-order valence-electron chi connectivity index (χ3n) is 3.92. The zero-order chi connectivity index (χ0) is 16.5. The summed E-state index contributed by atoms with van der Waals surface area (Å²) in [7, 11) is 0. The van der Waals surface area contributed by atoms with Gasteiger partial charge in [0.25, 0.3) is 0 Å². The Morgan fingerprint density at radius 3 is 2.77 bits per heavy atom. The van der Waals surface area contributed by atoms with Crippen molar-refractivity contribution in [2.45, 2.75) is 32.7 Å². The standard InChI is InChI=1S/C16H22BrN3O2/c1-10-6-12(4-5-13(10)17)20-8-11(7-14(20)21)15(22)19-16(2,3)9-18/h4-6,11H,7-9,18H2,1-3H3,(H,19,22). The number of amides is 2. The number of carbonyl (C=O) groups excluding carboxylic acids is 2. The van der Waals surface area contributed by atoms with Crippen molar-refractivity contribution >= 4 is 33.4 Å². The molecule has 6 heteroatoms. The Hall–Kier alpha value is -1.40. The van der Waals surface area contributed by atoms with Gasteiger partial charge >= 0.3 is 0 Å². The molecule has 1 heterocycles. The molecule has 1 atom stereocenters. The Labute approximate surface area is 139 Å². The van der Waals surface area contributed by atoms with Crippen LogP contribution in [0, 0.1) is 12.8 Å². The minimum Gasteiger partial charge on any atom is -0.350 e. The highest BCUT2D eigenvalue weighted by molar-refractivity contribution is 9.10. The average Bonchev–Trinajstić information content (AvgIpc) is 2.84. The molecule has 1 aliphatic heterocycles. The van der Waals surface area contributed by atoms with Crippen LogP contribution >= 0.6 is 15.9 Å². The third-order valence-corrected chi connectivity index (χ3v) is 4.81. The molecule has 5 nitrogen and oxygen atoms in total. The van der Waals surface area contributed by atoms with Crippen LogP contribution in [0.25, 0.3) is 0 Å². The molecule has 2 amide bonds. The molecule has 1 saturated heterocycles. The fourth-order valence-corrected chi connectivity index (χ4v) is 2.66. The number of anilines is 1. The van der Waals surface area contributed by atoms with Gasteiger partial charge in [0.1, 0.15) is 0 Å². The topological polar surface area (TPSA) is 75.4 Å². The van der Waals surface area contributed by atoms with Crippen molar-refractivity contribution in [3.05, 3.63) is 28.2 Å². The van der Waals surface area contributed by atoms with E-state index in [1.807, 2.05) is 39.0 Å². The molecule has 1 fully saturated rings. The predicted octanol–water partition coefficient (Wildman–Crippen LogP) is 1.96. The molecule has 0 radical (unpaired) electrons. The Kier molecular flexibility index (Phi) is 4.92. The molecule has 3 N–H and O–H groups in total. The number of aryl methyl sites for hydroxylation is 1. The summed E-state index contributed by atoms with van der Waals surface area (Å²) >= 11 is 3.45. The van der Waals surface area contributed by atoms with Crippen LogP contribution in [-0.2, 0) is 9.59 Å². The highest BCUT2D eigenvalue weighted by Crippen LogP contribution is 2.28. The quantitative estimate of drug-likeness (QED) is 0.853. The third kappa shape index (κ3) is 3.67. The van der Waals surface area contributed by atoms with Gasteiger partial charge in [-0.1, -0.05) is 15.9 Å². The molecule has 0 bridgehead atoms. The molecule has 22 heavy (non-hydrogen) atoms. The summed E-state index contributed by atoms with van der Waals surface area (Å²) in [5.74, 6) is -0.463. The first kappa shape index (κ1) is 17.0. The Morgan fingerprint density at radius 2 is 2.18 bits per heavy atom. The maximum Gasteiger partial charge on any atom is 0.227 e. The average molecular weight is 368 g/mol. The lowest BCUT2D eigenvalue weighted by molar-refractivity contribution is -0.127. The lowest BCUT2D eigenvalue weighted by Gasteiger charge is -2.26. The van der Waals surface area contributed by atoms with Gasteiger partial charge in [-0.3, -0.25) is 9.59 Å². The Morgan fingerprint density at radius 1 is 1.50 bits per heavy atom. The van der Waals surface area contributed by atoms with Crippen LogP contribution in [0.2, 0.25) is 0 Å². The van der Waals surface area contributed by atoms with E-state index in [-0.39, 0.29) is 24.2 Å². The van der Waals surface area contributed by atoms with Crippen LogP contribution in [0.1, 0.15) is 25.8 Å². The van der Waals surface area contributed by atoms with Crippen molar-refractivity contribution in [1.82, 2.24) is 5.32 Å². The van der Waals surface area contributed by atoms with Crippen LogP contribution in [0.3, 0.4) is 0 Å². The lowest BCUT2D eigenvalue weighted by atomic mass is 10.0. The molecular formula is C16H22BrN3O2. The lowest BCUT2D eigenvalue weighted by Crippen LogP contribution is -2.51. The summed E-state index contributed by atoms with van der Waals surface area (Å²) in [4.78, 5) is 26.2. The van der Waals surface area contributed by atoms with Crippen molar-refractivity contribution < 1.29 is 9.59 Å². The fourth-order valence-electron chi connectivity index (χ4n) is 2.42. The molecule has 1 aromatic rings. The van der Waals surface area contributed by atoms with Crippen molar-refractivity contribution in [2.24, 2.45) is 11.7 Å². The molecule has 1 aliphatic rings. The van der Waals surface area contributed by atoms with E-state index < -0.39 is 5.54 Å². The number of nitrogens with one attached hydrogen (secondary N) is 1. The second kappa shape index (κ2) is 6.38. The molecule has 0 aliphatic carbocycles. The van der Waals surface area contributed by atoms with Crippen molar-refractivity contribution in [2.75, 3.05) is 18.0 Å². The van der Waals surface area contributed by atoms with Crippen molar-refractivity contribution in [1.29, 1.82) is 0 Å². The highest BCUT2D eigenvalue weighted by Gasteiger charge is 2.36. The normalized spacial score (nSPS) is 18.7. The van der Waals surface area contributed by atoms with E-state index in [2.05, 4.69) is 21.2 Å². The largest absolute Gasteiger partial charge is 0.350 e. The molecule has 0 spiro atoms. The number of nitrogens with two attached hydrogens (primary N) is 1. The van der Waals surface area contributed by atoms with Gasteiger partial charge in [0.2, 0.25) is 11.8 Å². The number of hydrogen-bond donors (Lipinski definition) is 2. The Bertz CT molecular complexity index is 601. The maximum atomic E-state index is 12.3. The molecule has 0 aromatic heterocycles. The van der Waals surface area contributed by atoms with Gasteiger partial charge in [-0.2, -0.15) is 0 Å². The summed E-state index contributed by atoms with van der Waals surface area (Å²) in [5, 5.41) is 2.91. The van der Waals surface area contributed by atoms with E-state index >= 15 is 0 Å². The summed E-state index contributed by atoms with van der Waals surface area (Å²) in [6, 6.07) is 5.76. The number of halogens is 1. The van der Waals surface area contributed by atoms with E-state index in [1.54, 1.807) is 4.90 Å². The summed E-state index contributed by atoms with van der Waals surface area (Å²) in [6.07, 6.45) is 0.238. The number of rotatable bonds is 4. The predicted molar refractivity (Wildman–Crippen MR) is 90.6 cm³/mol. The zero-order valence-electron chi connectivity index (χ0n) is 13.1. The number of carbonyl (C=O) groups is 2. The van der Waals surface area contributed by atoms with Gasteiger partial charge in [-0.25, -0.2) is 0 Å². The first-order valence-corrected chi connectivity index (χ1v) is 8.11. The van der Waals surface area contributed by atoms with E-state index in [4.69, 9.17) is 5.73 Å². The monoisotopic (exact) mass is 367 g/mol. The fraction of sp³-hybridized carbons (Fsp3) is 0.500. The van der Waals surface area contributed by atoms with Crippen molar-refractivity contribution in [3.63, 3.8) is 0 Å². The van der Waals surface area contributed by atoms with Gasteiger partial charge in [-0.05, 0) is 44.5 Å².